The molecule has 0 aromatic carbocycles. The molecule has 0 saturated heterocycles. The van der Waals surface area contributed by atoms with Gasteiger partial charge >= 0.3 is 18.0 Å². The Kier molecular flexibility index (Phi) is 51.9. The molecule has 0 aliphatic rings. The van der Waals surface area contributed by atoms with Crippen molar-refractivity contribution in [3.8, 4) is 0 Å². The second-order valence-corrected chi connectivity index (χ2v) is 19.4. The first kappa shape index (κ1) is 68.5. The van der Waals surface area contributed by atoms with Crippen molar-refractivity contribution in [2.45, 2.75) is 212 Å². The minimum Gasteiger partial charge on any atom is -0.466 e. The van der Waals surface area contributed by atoms with E-state index >= 15 is 0 Å². The first-order valence-electron chi connectivity index (χ1n) is 28.8. The van der Waals surface area contributed by atoms with Gasteiger partial charge in [-0.1, -0.05) is 155 Å². The first-order valence-corrected chi connectivity index (χ1v) is 28.8. The lowest BCUT2D eigenvalue weighted by Crippen LogP contribution is -2.31. The van der Waals surface area contributed by atoms with Crippen LogP contribution < -0.4 is 5.32 Å². The zero-order valence-corrected chi connectivity index (χ0v) is 47.4. The van der Waals surface area contributed by atoms with Gasteiger partial charge in [0.2, 0.25) is 0 Å². The summed E-state index contributed by atoms with van der Waals surface area (Å²) >= 11 is 0. The normalized spacial score (nSPS) is 13.5. The molecule has 2 atom stereocenters. The van der Waals surface area contributed by atoms with Gasteiger partial charge in [0.1, 0.15) is 12.2 Å². The summed E-state index contributed by atoms with van der Waals surface area (Å²) in [6.07, 6.45) is 69.3. The molecule has 414 valence electrons. The molecule has 0 radical (unpaired) electrons. The van der Waals surface area contributed by atoms with Crippen molar-refractivity contribution in [3.05, 3.63) is 122 Å². The molecule has 0 aromatic heterocycles. The number of nitrogens with zero attached hydrogens (tertiary/aromatic N) is 2. The van der Waals surface area contributed by atoms with Gasteiger partial charge in [-0.2, -0.15) is 0 Å². The zero-order valence-electron chi connectivity index (χ0n) is 47.4. The maximum Gasteiger partial charge on any atom is 0.407 e. The number of hydrogen-bond donors (Lipinski definition) is 1. The molecular formula is C64H107N3O6. The molecule has 9 nitrogen and oxygen atoms in total. The highest BCUT2D eigenvalue weighted by atomic mass is 16.6. The quantitative estimate of drug-likeness (QED) is 0.0279. The van der Waals surface area contributed by atoms with E-state index in [-0.39, 0.29) is 30.2 Å². The van der Waals surface area contributed by atoms with Crippen LogP contribution in [0.5, 0.6) is 0 Å². The molecule has 0 heterocycles. The lowest BCUT2D eigenvalue weighted by molar-refractivity contribution is -0.150. The van der Waals surface area contributed by atoms with Crippen LogP contribution >= 0.6 is 0 Å². The highest BCUT2D eigenvalue weighted by molar-refractivity contribution is 5.69. The minimum atomic E-state index is -0.341. The van der Waals surface area contributed by atoms with E-state index < -0.39 is 0 Å². The van der Waals surface area contributed by atoms with E-state index in [1.807, 2.05) is 14.1 Å². The van der Waals surface area contributed by atoms with Crippen LogP contribution in [0.25, 0.3) is 0 Å². The van der Waals surface area contributed by atoms with E-state index in [0.29, 0.717) is 26.0 Å². The van der Waals surface area contributed by atoms with E-state index in [2.05, 4.69) is 165 Å². The second-order valence-electron chi connectivity index (χ2n) is 19.4. The van der Waals surface area contributed by atoms with Gasteiger partial charge in [0.05, 0.1) is 6.61 Å². The van der Waals surface area contributed by atoms with Gasteiger partial charge in [-0.05, 0) is 195 Å². The molecule has 0 rings (SSSR count). The number of allylic oxidation sites excluding steroid dienone is 20. The number of nitrogens with one attached hydrogen (secondary N) is 1. The molecule has 1 amide bonds. The highest BCUT2D eigenvalue weighted by Crippen LogP contribution is 2.19. The third-order valence-electron chi connectivity index (χ3n) is 11.8. The second kappa shape index (κ2) is 55.3. The number of esters is 2. The maximum absolute atomic E-state index is 12.9. The largest absolute Gasteiger partial charge is 0.466 e. The van der Waals surface area contributed by atoms with Crippen molar-refractivity contribution in [3.63, 3.8) is 0 Å². The van der Waals surface area contributed by atoms with E-state index in [9.17, 15) is 14.4 Å². The van der Waals surface area contributed by atoms with Crippen molar-refractivity contribution in [1.82, 2.24) is 15.1 Å². The van der Waals surface area contributed by atoms with Crippen molar-refractivity contribution in [2.75, 3.05) is 54.4 Å². The molecule has 0 aromatic rings. The van der Waals surface area contributed by atoms with Crippen LogP contribution in [0.4, 0.5) is 4.79 Å². The summed E-state index contributed by atoms with van der Waals surface area (Å²) in [6.45, 7) is 7.21. The molecule has 2 unspecified atom stereocenters. The number of unbranched alkanes of at least 4 members (excludes halogenated alkanes) is 7. The molecule has 0 bridgehead atoms. The Morgan fingerprint density at radius 3 is 1.19 bits per heavy atom. The minimum absolute atomic E-state index is 0.0741. The molecule has 0 aliphatic carbocycles. The Labute approximate surface area is 448 Å². The summed E-state index contributed by atoms with van der Waals surface area (Å²) in [6, 6.07) is 0. The Hall–Kier alpha value is -4.47. The number of hydrogen-bond acceptors (Lipinski definition) is 8. The van der Waals surface area contributed by atoms with Crippen LogP contribution in [0, 0.1) is 0 Å². The summed E-state index contributed by atoms with van der Waals surface area (Å²) in [5.41, 5.74) is 0. The molecule has 9 heteroatoms. The third kappa shape index (κ3) is 55.1. The summed E-state index contributed by atoms with van der Waals surface area (Å²) < 4.78 is 17.5. The predicted octanol–water partition coefficient (Wildman–Crippen LogP) is 16.6. The summed E-state index contributed by atoms with van der Waals surface area (Å²) in [4.78, 5) is 42.2. The molecule has 0 spiro atoms. The number of carbonyl (C=O) groups is 3. The fourth-order valence-corrected chi connectivity index (χ4v) is 7.66. The lowest BCUT2D eigenvalue weighted by atomic mass is 10.0. The maximum atomic E-state index is 12.9. The Morgan fingerprint density at radius 2 is 0.753 bits per heavy atom. The summed E-state index contributed by atoms with van der Waals surface area (Å²) in [7, 11) is 8.21. The number of alkyl carbamates (subject to hydrolysis) is 1. The zero-order chi connectivity index (χ0) is 53.3. The topological polar surface area (TPSA) is 97.4 Å². The monoisotopic (exact) mass is 1010 g/mol. The van der Waals surface area contributed by atoms with Crippen LogP contribution in [0.2, 0.25) is 0 Å². The fraction of sp³-hybridized carbons (Fsp3) is 0.641. The third-order valence-corrected chi connectivity index (χ3v) is 11.8. The van der Waals surface area contributed by atoms with Crippen LogP contribution in [0.3, 0.4) is 0 Å². The van der Waals surface area contributed by atoms with Crippen LogP contribution in [-0.4, -0.2) is 94.5 Å². The van der Waals surface area contributed by atoms with E-state index in [0.717, 1.165) is 186 Å². The van der Waals surface area contributed by atoms with E-state index in [1.165, 1.54) is 0 Å². The van der Waals surface area contributed by atoms with Crippen LogP contribution in [0.1, 0.15) is 200 Å². The Morgan fingerprint density at radius 1 is 0.397 bits per heavy atom. The Bertz CT molecular complexity index is 1600. The van der Waals surface area contributed by atoms with Gasteiger partial charge in [-0.25, -0.2) is 4.79 Å². The van der Waals surface area contributed by atoms with Gasteiger partial charge < -0.3 is 29.3 Å². The lowest BCUT2D eigenvalue weighted by Gasteiger charge is -2.20. The van der Waals surface area contributed by atoms with Crippen LogP contribution in [0.15, 0.2) is 122 Å². The average molecular weight is 1010 g/mol. The van der Waals surface area contributed by atoms with Gasteiger partial charge in [-0.15, -0.1) is 0 Å². The average Bonchev–Trinajstić information content (AvgIpc) is 3.36. The molecule has 0 aliphatic heterocycles. The molecule has 0 saturated carbocycles. The molecule has 1 N–H and O–H groups in total. The first-order chi connectivity index (χ1) is 35.7. The van der Waals surface area contributed by atoms with Gasteiger partial charge in [0.15, 0.2) is 0 Å². The molecule has 0 fully saturated rings. The van der Waals surface area contributed by atoms with Gasteiger partial charge in [0.25, 0.3) is 0 Å². The van der Waals surface area contributed by atoms with Crippen molar-refractivity contribution < 1.29 is 28.6 Å². The number of rotatable bonds is 49. The number of amides is 1. The summed E-state index contributed by atoms with van der Waals surface area (Å²) in [5.74, 6) is -0.220. The molecular weight excluding hydrogens is 907 g/mol. The SMILES string of the molecule is CC/C=C\C/C=C\C/C=C\C/C=C\C/C=C\CCCC(=O)OCCCCCCC(CCCCCC(CCCN(C)C)OC(=O)CCC/C=C\C/C=C\C/C=C\C/C=C\C/C=C\CC)OC(=O)NCCCN(C)C. The van der Waals surface area contributed by atoms with Gasteiger partial charge in [0, 0.05) is 19.4 Å². The van der Waals surface area contributed by atoms with Gasteiger partial charge in [-0.3, -0.25) is 9.59 Å². The standard InChI is InChI=1S/C64H107N3O6/c1-7-9-11-13-15-17-19-21-23-25-27-29-31-33-35-37-45-54-62(68)71-59-47-40-39-42-51-61(73-64(70)65-56-49-58-67(5)6)52-44-41-43-50-60(53-48-57-66(3)4)72-63(69)55-46-38-36-34-32-30-28-26-24-22-20-18-16-14-12-10-8-2/h9-12,15-18,21-24,27-30,33-36,60-61H,7-8,13-14,19-20,25-26,31-32,37-59H2,1-6H3,(H,65,70)/b11-9-,12-10-,17-15-,18-16-,23-21-,24-22-,29-27-,30-28-,35-33-,36-34-. The smallest absolute Gasteiger partial charge is 0.407 e. The highest BCUT2D eigenvalue weighted by Gasteiger charge is 2.17. The predicted molar refractivity (Wildman–Crippen MR) is 313 cm³/mol. The number of carbonyl (C=O) groups excluding carboxylic acids is 3. The summed E-state index contributed by atoms with van der Waals surface area (Å²) in [5, 5.41) is 2.94. The van der Waals surface area contributed by atoms with Crippen molar-refractivity contribution >= 4 is 18.0 Å². The fourth-order valence-electron chi connectivity index (χ4n) is 7.66. The van der Waals surface area contributed by atoms with E-state index in [4.69, 9.17) is 14.2 Å². The molecule has 73 heavy (non-hydrogen) atoms. The van der Waals surface area contributed by atoms with Crippen LogP contribution in [-0.2, 0) is 23.8 Å². The number of ether oxygens (including phenoxy) is 3. The Balaban J connectivity index is 4.59. The van der Waals surface area contributed by atoms with Crippen molar-refractivity contribution in [2.24, 2.45) is 0 Å². The van der Waals surface area contributed by atoms with Crippen molar-refractivity contribution in [1.29, 1.82) is 0 Å². The van der Waals surface area contributed by atoms with E-state index in [1.54, 1.807) is 0 Å².